The molecule has 6 nitrogen and oxygen atoms in total. The first kappa shape index (κ1) is 16.6. The highest BCUT2D eigenvalue weighted by Gasteiger charge is 2.16. The van der Waals surface area contributed by atoms with Crippen molar-refractivity contribution in [1.82, 2.24) is 5.43 Å². The molecule has 0 aliphatic heterocycles. The zero-order valence-electron chi connectivity index (χ0n) is 11.4. The smallest absolute Gasteiger partial charge is 0.267 e. The van der Waals surface area contributed by atoms with Gasteiger partial charge in [-0.25, -0.2) is 19.0 Å². The number of hydrazone groups is 1. The van der Waals surface area contributed by atoms with Gasteiger partial charge in [0, 0.05) is 15.3 Å². The maximum absolute atomic E-state index is 11.9. The lowest BCUT2D eigenvalue weighted by molar-refractivity contribution is 0.0955. The van der Waals surface area contributed by atoms with Gasteiger partial charge in [0.2, 0.25) is 10.0 Å². The standard InChI is InChI=1S/C13H12ClN3O3S2/c1-8-2-4-10(21-8)7-16-17-13(18)9-3-5-11(14)12(6-9)22(15,19)20/h2-7H,1H3,(H,17,18)(H2,15,19,20)/b16-7-. The molecule has 1 aromatic heterocycles. The highest BCUT2D eigenvalue weighted by Crippen LogP contribution is 2.21. The van der Waals surface area contributed by atoms with Crippen molar-refractivity contribution in [3.63, 3.8) is 0 Å². The lowest BCUT2D eigenvalue weighted by Crippen LogP contribution is -2.19. The van der Waals surface area contributed by atoms with Crippen LogP contribution in [0.2, 0.25) is 5.02 Å². The highest BCUT2D eigenvalue weighted by atomic mass is 35.5. The average molecular weight is 358 g/mol. The van der Waals surface area contributed by atoms with Crippen LogP contribution in [-0.2, 0) is 10.0 Å². The molecule has 0 atom stereocenters. The van der Waals surface area contributed by atoms with Crippen LogP contribution in [0.15, 0.2) is 40.3 Å². The summed E-state index contributed by atoms with van der Waals surface area (Å²) in [5.74, 6) is -0.564. The van der Waals surface area contributed by atoms with E-state index in [0.717, 1.165) is 15.8 Å². The van der Waals surface area contributed by atoms with E-state index in [4.69, 9.17) is 16.7 Å². The fourth-order valence-corrected chi connectivity index (χ4v) is 3.43. The lowest BCUT2D eigenvalue weighted by atomic mass is 10.2. The second-order valence-electron chi connectivity index (χ2n) is 4.34. The van der Waals surface area contributed by atoms with Gasteiger partial charge < -0.3 is 0 Å². The molecule has 0 unspecified atom stereocenters. The van der Waals surface area contributed by atoms with Gasteiger partial charge in [0.15, 0.2) is 0 Å². The molecule has 9 heteroatoms. The third-order valence-electron chi connectivity index (χ3n) is 2.62. The van der Waals surface area contributed by atoms with Crippen molar-refractivity contribution in [3.05, 3.63) is 50.7 Å². The van der Waals surface area contributed by atoms with Gasteiger partial charge in [-0.05, 0) is 37.3 Å². The SMILES string of the molecule is Cc1ccc(/C=N\NC(=O)c2ccc(Cl)c(S(N)(=O)=O)c2)s1. The molecule has 2 aromatic rings. The maximum atomic E-state index is 11.9. The van der Waals surface area contributed by atoms with E-state index in [1.807, 2.05) is 19.1 Å². The van der Waals surface area contributed by atoms with Gasteiger partial charge in [-0.1, -0.05) is 11.6 Å². The van der Waals surface area contributed by atoms with E-state index < -0.39 is 15.9 Å². The van der Waals surface area contributed by atoms with Crippen molar-refractivity contribution in [2.24, 2.45) is 10.2 Å². The first-order chi connectivity index (χ1) is 10.3. The number of halogens is 1. The van der Waals surface area contributed by atoms with Gasteiger partial charge >= 0.3 is 0 Å². The monoisotopic (exact) mass is 357 g/mol. The quantitative estimate of drug-likeness (QED) is 0.647. The Bertz CT molecular complexity index is 844. The molecule has 0 bridgehead atoms. The number of nitrogens with two attached hydrogens (primary N) is 1. The average Bonchev–Trinajstić information content (AvgIpc) is 2.83. The predicted molar refractivity (Wildman–Crippen MR) is 86.9 cm³/mol. The maximum Gasteiger partial charge on any atom is 0.271 e. The molecule has 0 aliphatic carbocycles. The molecule has 22 heavy (non-hydrogen) atoms. The molecule has 0 spiro atoms. The molecule has 1 aromatic carbocycles. The van der Waals surface area contributed by atoms with E-state index in [1.54, 1.807) is 0 Å². The zero-order chi connectivity index (χ0) is 16.3. The summed E-state index contributed by atoms with van der Waals surface area (Å²) in [6, 6.07) is 7.60. The Morgan fingerprint density at radius 1 is 1.36 bits per heavy atom. The van der Waals surface area contributed by atoms with Crippen LogP contribution in [-0.4, -0.2) is 20.5 Å². The number of thiophene rings is 1. The number of amides is 1. The molecule has 1 amide bonds. The van der Waals surface area contributed by atoms with E-state index in [0.29, 0.717) is 0 Å². The first-order valence-electron chi connectivity index (χ1n) is 5.99. The number of sulfonamides is 1. The van der Waals surface area contributed by atoms with Crippen LogP contribution in [0, 0.1) is 6.92 Å². The van der Waals surface area contributed by atoms with Gasteiger partial charge in [-0.15, -0.1) is 11.3 Å². The molecule has 1 heterocycles. The van der Waals surface area contributed by atoms with Crippen molar-refractivity contribution < 1.29 is 13.2 Å². The summed E-state index contributed by atoms with van der Waals surface area (Å²) in [7, 11) is -4.00. The number of primary sulfonamides is 1. The van der Waals surface area contributed by atoms with Gasteiger partial charge in [0.1, 0.15) is 4.90 Å². The summed E-state index contributed by atoms with van der Waals surface area (Å²) >= 11 is 7.28. The summed E-state index contributed by atoms with van der Waals surface area (Å²) < 4.78 is 22.7. The van der Waals surface area contributed by atoms with Gasteiger partial charge in [0.25, 0.3) is 5.91 Å². The van der Waals surface area contributed by atoms with E-state index in [1.165, 1.54) is 29.7 Å². The van der Waals surface area contributed by atoms with Crippen LogP contribution in [0.5, 0.6) is 0 Å². The molecule has 116 valence electrons. The van der Waals surface area contributed by atoms with Crippen LogP contribution >= 0.6 is 22.9 Å². The molecule has 0 radical (unpaired) electrons. The normalized spacial score (nSPS) is 11.8. The Balaban J connectivity index is 2.15. The van der Waals surface area contributed by atoms with E-state index in [2.05, 4.69) is 10.5 Å². The summed E-state index contributed by atoms with van der Waals surface area (Å²) in [5, 5.41) is 8.81. The zero-order valence-corrected chi connectivity index (χ0v) is 13.8. The second kappa shape index (κ2) is 6.57. The summed E-state index contributed by atoms with van der Waals surface area (Å²) in [4.78, 5) is 13.6. The largest absolute Gasteiger partial charge is 0.271 e. The Morgan fingerprint density at radius 3 is 2.68 bits per heavy atom. The molecule has 0 fully saturated rings. The fraction of sp³-hybridized carbons (Fsp3) is 0.0769. The van der Waals surface area contributed by atoms with Gasteiger partial charge in [0.05, 0.1) is 11.2 Å². The van der Waals surface area contributed by atoms with Crippen molar-refractivity contribution in [3.8, 4) is 0 Å². The topological polar surface area (TPSA) is 102 Å². The van der Waals surface area contributed by atoms with Crippen molar-refractivity contribution in [1.29, 1.82) is 0 Å². The minimum atomic E-state index is -4.00. The van der Waals surface area contributed by atoms with Crippen LogP contribution in [0.1, 0.15) is 20.1 Å². The number of hydrogen-bond acceptors (Lipinski definition) is 5. The van der Waals surface area contributed by atoms with Crippen molar-refractivity contribution >= 4 is 45.1 Å². The third-order valence-corrected chi connectivity index (χ3v) is 4.95. The third kappa shape index (κ3) is 4.14. The Morgan fingerprint density at radius 2 is 2.09 bits per heavy atom. The second-order valence-corrected chi connectivity index (χ2v) is 7.59. The number of nitrogens with one attached hydrogen (secondary N) is 1. The Labute approximate surface area is 136 Å². The van der Waals surface area contributed by atoms with E-state index in [9.17, 15) is 13.2 Å². The summed E-state index contributed by atoms with van der Waals surface area (Å²) in [6.07, 6.45) is 1.51. The van der Waals surface area contributed by atoms with Crippen LogP contribution < -0.4 is 10.6 Å². The van der Waals surface area contributed by atoms with E-state index in [-0.39, 0.29) is 15.5 Å². The molecule has 2 rings (SSSR count). The lowest BCUT2D eigenvalue weighted by Gasteiger charge is -2.04. The van der Waals surface area contributed by atoms with Crippen LogP contribution in [0.3, 0.4) is 0 Å². The number of nitrogens with zero attached hydrogens (tertiary/aromatic N) is 1. The molecule has 0 saturated carbocycles. The highest BCUT2D eigenvalue weighted by molar-refractivity contribution is 7.89. The molecule has 0 saturated heterocycles. The minimum Gasteiger partial charge on any atom is -0.267 e. The summed E-state index contributed by atoms with van der Waals surface area (Å²) in [5.41, 5.74) is 2.40. The van der Waals surface area contributed by atoms with Crippen molar-refractivity contribution in [2.45, 2.75) is 11.8 Å². The number of benzene rings is 1. The van der Waals surface area contributed by atoms with Crippen LogP contribution in [0.4, 0.5) is 0 Å². The number of hydrogen-bond donors (Lipinski definition) is 2. The number of rotatable bonds is 4. The number of carbonyl (C=O) groups is 1. The van der Waals surface area contributed by atoms with E-state index >= 15 is 0 Å². The van der Waals surface area contributed by atoms with Gasteiger partial charge in [-0.2, -0.15) is 5.10 Å². The Hall–Kier alpha value is -1.74. The fourth-order valence-electron chi connectivity index (χ4n) is 1.60. The molecule has 3 N–H and O–H groups in total. The van der Waals surface area contributed by atoms with Gasteiger partial charge in [-0.3, -0.25) is 4.79 Å². The minimum absolute atomic E-state index is 0.0448. The Kier molecular flexibility index (Phi) is 4.97. The molecule has 0 aliphatic rings. The first-order valence-corrected chi connectivity index (χ1v) is 8.73. The van der Waals surface area contributed by atoms with Crippen molar-refractivity contribution in [2.75, 3.05) is 0 Å². The van der Waals surface area contributed by atoms with Crippen LogP contribution in [0.25, 0.3) is 0 Å². The summed E-state index contributed by atoms with van der Waals surface area (Å²) in [6.45, 7) is 1.96. The number of carbonyl (C=O) groups excluding carboxylic acids is 1. The number of aryl methyl sites for hydroxylation is 1. The molecular formula is C13H12ClN3O3S2. The molecular weight excluding hydrogens is 346 g/mol. The predicted octanol–water partition coefficient (Wildman–Crippen LogP) is 2.12.